The molecular formula is C29H33ClN6O3. The van der Waals surface area contributed by atoms with Crippen LogP contribution in [0.15, 0.2) is 35.0 Å². The van der Waals surface area contributed by atoms with E-state index in [-0.39, 0.29) is 5.91 Å². The van der Waals surface area contributed by atoms with Gasteiger partial charge in [-0.05, 0) is 62.6 Å². The third kappa shape index (κ3) is 5.30. The average Bonchev–Trinajstić information content (AvgIpc) is 3.60. The number of benzene rings is 1. The van der Waals surface area contributed by atoms with Gasteiger partial charge in [0.25, 0.3) is 5.91 Å². The Morgan fingerprint density at radius 2 is 1.85 bits per heavy atom. The van der Waals surface area contributed by atoms with E-state index in [9.17, 15) is 4.79 Å². The van der Waals surface area contributed by atoms with Gasteiger partial charge in [-0.1, -0.05) is 35.0 Å². The number of halogens is 1. The van der Waals surface area contributed by atoms with Crippen LogP contribution in [0.2, 0.25) is 5.02 Å². The van der Waals surface area contributed by atoms with Crippen molar-refractivity contribution in [3.05, 3.63) is 75.3 Å². The second-order valence-electron chi connectivity index (χ2n) is 10.7. The molecule has 0 N–H and O–H groups in total. The molecule has 1 aromatic carbocycles. The molecule has 3 aromatic heterocycles. The van der Waals surface area contributed by atoms with E-state index in [4.69, 9.17) is 25.8 Å². The lowest BCUT2D eigenvalue weighted by Crippen LogP contribution is -2.39. The van der Waals surface area contributed by atoms with Crippen LogP contribution in [-0.2, 0) is 17.6 Å². The van der Waals surface area contributed by atoms with E-state index in [0.29, 0.717) is 48.4 Å². The third-order valence-corrected chi connectivity index (χ3v) is 8.57. The van der Waals surface area contributed by atoms with Crippen molar-refractivity contribution in [1.29, 1.82) is 0 Å². The molecule has 2 saturated heterocycles. The van der Waals surface area contributed by atoms with Crippen LogP contribution in [0.25, 0.3) is 5.65 Å². The third-order valence-electron chi connectivity index (χ3n) is 8.20. The molecule has 2 fully saturated rings. The van der Waals surface area contributed by atoms with Crippen molar-refractivity contribution in [3.8, 4) is 0 Å². The molecule has 2 aliphatic rings. The van der Waals surface area contributed by atoms with Gasteiger partial charge in [0.1, 0.15) is 5.56 Å². The van der Waals surface area contributed by atoms with Gasteiger partial charge in [-0.15, -0.1) is 0 Å². The number of amides is 1. The molecule has 9 nitrogen and oxygen atoms in total. The first-order chi connectivity index (χ1) is 19.0. The van der Waals surface area contributed by atoms with Gasteiger partial charge in [-0.3, -0.25) is 4.79 Å². The summed E-state index contributed by atoms with van der Waals surface area (Å²) in [7, 11) is 0. The monoisotopic (exact) mass is 548 g/mol. The first kappa shape index (κ1) is 26.0. The van der Waals surface area contributed by atoms with E-state index in [0.717, 1.165) is 78.7 Å². The molecule has 0 saturated carbocycles. The summed E-state index contributed by atoms with van der Waals surface area (Å²) in [5.41, 5.74) is 5.11. The molecule has 1 amide bonds. The SMILES string of the molecule is Cc1nc2c(C(=O)N3CCC(Cc4nc(C5CCOCC5)no4)CC3)cnn2c(C)c1Cc1ccccc1Cl. The molecule has 0 atom stereocenters. The van der Waals surface area contributed by atoms with E-state index in [1.807, 2.05) is 43.0 Å². The second kappa shape index (κ2) is 11.1. The summed E-state index contributed by atoms with van der Waals surface area (Å²) in [6.07, 6.45) is 6.75. The van der Waals surface area contributed by atoms with Crippen molar-refractivity contribution in [3.63, 3.8) is 0 Å². The number of aryl methyl sites for hydroxylation is 2. The van der Waals surface area contributed by atoms with Gasteiger partial charge in [0.05, 0.1) is 6.20 Å². The normalized spacial score (nSPS) is 17.3. The molecule has 0 bridgehead atoms. The summed E-state index contributed by atoms with van der Waals surface area (Å²) in [5.74, 6) is 2.23. The van der Waals surface area contributed by atoms with Crippen molar-refractivity contribution in [2.45, 2.75) is 58.3 Å². The van der Waals surface area contributed by atoms with Gasteiger partial charge >= 0.3 is 0 Å². The highest BCUT2D eigenvalue weighted by molar-refractivity contribution is 6.31. The highest BCUT2D eigenvalue weighted by Gasteiger charge is 2.29. The van der Waals surface area contributed by atoms with E-state index >= 15 is 0 Å². The summed E-state index contributed by atoms with van der Waals surface area (Å²) in [5, 5.41) is 9.51. The maximum absolute atomic E-state index is 13.5. The van der Waals surface area contributed by atoms with Gasteiger partial charge in [-0.2, -0.15) is 10.1 Å². The zero-order chi connectivity index (χ0) is 26.9. The Kier molecular flexibility index (Phi) is 7.36. The van der Waals surface area contributed by atoms with Crippen molar-refractivity contribution in [2.24, 2.45) is 5.92 Å². The second-order valence-corrected chi connectivity index (χ2v) is 11.1. The minimum Gasteiger partial charge on any atom is -0.381 e. The Balaban J connectivity index is 1.11. The first-order valence-electron chi connectivity index (χ1n) is 13.7. The largest absolute Gasteiger partial charge is 0.381 e. The molecule has 0 radical (unpaired) electrons. The lowest BCUT2D eigenvalue weighted by Gasteiger charge is -2.31. The maximum Gasteiger partial charge on any atom is 0.259 e. The van der Waals surface area contributed by atoms with Crippen LogP contribution in [0.3, 0.4) is 0 Å². The average molecular weight is 549 g/mol. The molecule has 0 aliphatic carbocycles. The van der Waals surface area contributed by atoms with Crippen LogP contribution in [-0.4, -0.2) is 61.8 Å². The van der Waals surface area contributed by atoms with Crippen LogP contribution in [0.1, 0.15) is 76.2 Å². The summed E-state index contributed by atoms with van der Waals surface area (Å²) in [6.45, 7) is 6.88. The number of nitrogens with zero attached hydrogens (tertiary/aromatic N) is 6. The summed E-state index contributed by atoms with van der Waals surface area (Å²) < 4.78 is 12.8. The zero-order valence-electron chi connectivity index (χ0n) is 22.4. The molecule has 0 unspecified atom stereocenters. The van der Waals surface area contributed by atoms with Gasteiger partial charge in [0, 0.05) is 61.5 Å². The van der Waals surface area contributed by atoms with Crippen LogP contribution >= 0.6 is 11.6 Å². The number of hydrogen-bond acceptors (Lipinski definition) is 7. The fraction of sp³-hybridized carbons (Fsp3) is 0.483. The predicted octanol–water partition coefficient (Wildman–Crippen LogP) is 4.96. The van der Waals surface area contributed by atoms with E-state index in [2.05, 4.69) is 15.2 Å². The summed E-state index contributed by atoms with van der Waals surface area (Å²) in [4.78, 5) is 24.9. The van der Waals surface area contributed by atoms with Gasteiger partial charge in [0.15, 0.2) is 11.5 Å². The van der Waals surface area contributed by atoms with Gasteiger partial charge in [-0.25, -0.2) is 9.50 Å². The van der Waals surface area contributed by atoms with Crippen molar-refractivity contribution < 1.29 is 14.1 Å². The molecule has 39 heavy (non-hydrogen) atoms. The zero-order valence-corrected chi connectivity index (χ0v) is 23.2. The minimum atomic E-state index is -0.0202. The summed E-state index contributed by atoms with van der Waals surface area (Å²) >= 11 is 6.41. The van der Waals surface area contributed by atoms with Crippen molar-refractivity contribution in [2.75, 3.05) is 26.3 Å². The Bertz CT molecular complexity index is 1480. The predicted molar refractivity (Wildman–Crippen MR) is 146 cm³/mol. The number of carbonyl (C=O) groups excluding carboxylic acids is 1. The van der Waals surface area contributed by atoms with Crippen molar-refractivity contribution >= 4 is 23.2 Å². The number of likely N-dealkylation sites (tertiary alicyclic amines) is 1. The van der Waals surface area contributed by atoms with E-state index < -0.39 is 0 Å². The molecule has 6 rings (SSSR count). The number of piperidine rings is 1. The molecule has 0 spiro atoms. The lowest BCUT2D eigenvalue weighted by atomic mass is 9.93. The Labute approximate surface area is 232 Å². The van der Waals surface area contributed by atoms with Gasteiger partial charge in [0.2, 0.25) is 5.89 Å². The molecule has 2 aliphatic heterocycles. The number of ether oxygens (including phenoxy) is 1. The Hall–Kier alpha value is -3.30. The van der Waals surface area contributed by atoms with E-state index in [1.165, 1.54) is 0 Å². The number of rotatable bonds is 6. The Morgan fingerprint density at radius 3 is 2.62 bits per heavy atom. The fourth-order valence-corrected chi connectivity index (χ4v) is 5.98. The quantitative estimate of drug-likeness (QED) is 0.336. The topological polar surface area (TPSA) is 98.7 Å². The molecular weight excluding hydrogens is 516 g/mol. The first-order valence-corrected chi connectivity index (χ1v) is 14.1. The number of fused-ring (bicyclic) bond motifs is 1. The van der Waals surface area contributed by atoms with Gasteiger partial charge < -0.3 is 14.2 Å². The molecule has 5 heterocycles. The highest BCUT2D eigenvalue weighted by atomic mass is 35.5. The standard InChI is InChI=1S/C29H33ClN6O3/c1-18-23(16-22-5-3-4-6-25(22)30)19(2)36-28(32-18)24(17-31-36)29(37)35-11-7-20(8-12-35)15-26-33-27(34-39-26)21-9-13-38-14-10-21/h3-6,17,20-21H,7-16H2,1-2H3. The maximum atomic E-state index is 13.5. The van der Waals surface area contributed by atoms with Crippen molar-refractivity contribution in [1.82, 2.24) is 29.6 Å². The van der Waals surface area contributed by atoms with Crippen LogP contribution < -0.4 is 0 Å². The van der Waals surface area contributed by atoms with Crippen LogP contribution in [0.4, 0.5) is 0 Å². The molecule has 4 aromatic rings. The lowest BCUT2D eigenvalue weighted by molar-refractivity contribution is 0.0689. The fourth-order valence-electron chi connectivity index (χ4n) is 5.78. The molecule has 204 valence electrons. The summed E-state index contributed by atoms with van der Waals surface area (Å²) in [6, 6.07) is 7.83. The number of aromatic nitrogens is 5. The van der Waals surface area contributed by atoms with Crippen LogP contribution in [0, 0.1) is 19.8 Å². The number of hydrogen-bond donors (Lipinski definition) is 0. The van der Waals surface area contributed by atoms with Crippen LogP contribution in [0.5, 0.6) is 0 Å². The van der Waals surface area contributed by atoms with E-state index in [1.54, 1.807) is 10.7 Å². The Morgan fingerprint density at radius 1 is 1.08 bits per heavy atom. The minimum absolute atomic E-state index is 0.0202. The smallest absolute Gasteiger partial charge is 0.259 e. The number of carbonyl (C=O) groups is 1. The molecule has 10 heteroatoms. The highest BCUT2D eigenvalue weighted by Crippen LogP contribution is 2.28.